The Labute approximate surface area is 184 Å². The predicted molar refractivity (Wildman–Crippen MR) is 117 cm³/mol. The largest absolute Gasteiger partial charge is 0.354 e. The van der Waals surface area contributed by atoms with Crippen LogP contribution in [0.5, 0.6) is 0 Å². The fraction of sp³-hybridized carbons (Fsp3) is 0.217. The summed E-state index contributed by atoms with van der Waals surface area (Å²) in [5, 5.41) is 21.1. The Morgan fingerprint density at radius 1 is 1.16 bits per heavy atom. The number of halogens is 2. The average Bonchev–Trinajstić information content (AvgIpc) is 2.80. The van der Waals surface area contributed by atoms with Gasteiger partial charge in [-0.1, -0.05) is 11.6 Å². The van der Waals surface area contributed by atoms with Gasteiger partial charge in [-0.3, -0.25) is 4.79 Å². The molecular weight excluding hydrogens is 417 g/mol. The summed E-state index contributed by atoms with van der Waals surface area (Å²) in [6.07, 6.45) is 1.58. The Bertz CT molecular complexity index is 1130. The average molecular weight is 436 g/mol. The topological polar surface area (TPSA) is 81.9 Å². The molecule has 0 aliphatic carbocycles. The molecule has 2 heterocycles. The van der Waals surface area contributed by atoms with Crippen molar-refractivity contribution in [2.45, 2.75) is 12.8 Å². The van der Waals surface area contributed by atoms with Crippen molar-refractivity contribution in [3.63, 3.8) is 0 Å². The van der Waals surface area contributed by atoms with Crippen LogP contribution >= 0.6 is 11.6 Å². The monoisotopic (exact) mass is 435 g/mol. The van der Waals surface area contributed by atoms with Crippen molar-refractivity contribution in [1.29, 1.82) is 5.26 Å². The summed E-state index contributed by atoms with van der Waals surface area (Å²) in [6.45, 7) is 1.27. The number of anilines is 2. The van der Waals surface area contributed by atoms with Crippen LogP contribution in [0.2, 0.25) is 5.02 Å². The molecule has 0 bridgehead atoms. The lowest BCUT2D eigenvalue weighted by Gasteiger charge is -2.32. The molecule has 0 radical (unpaired) electrons. The van der Waals surface area contributed by atoms with Gasteiger partial charge in [-0.2, -0.15) is 5.26 Å². The second kappa shape index (κ2) is 9.11. The van der Waals surface area contributed by atoms with E-state index in [0.717, 1.165) is 24.9 Å². The molecule has 2 aromatic carbocycles. The smallest absolute Gasteiger partial charge is 0.229 e. The fourth-order valence-electron chi connectivity index (χ4n) is 3.62. The maximum atomic E-state index is 13.1. The molecule has 4 rings (SSSR count). The number of amides is 1. The maximum Gasteiger partial charge on any atom is 0.229 e. The molecule has 6 nitrogen and oxygen atoms in total. The van der Waals surface area contributed by atoms with E-state index in [1.165, 1.54) is 12.1 Å². The molecule has 0 saturated carbocycles. The molecule has 31 heavy (non-hydrogen) atoms. The number of nitriles is 1. The molecule has 1 amide bonds. The standard InChI is InChI=1S/C23H19ClFN5O/c24-18-6-3-16(13-26)21(12-18)27-23(31)17-2-1-11-30(14-17)22-10-9-20(28-29-22)15-4-7-19(25)8-5-15/h3-10,12,17H,1-2,11,14H2,(H,27,31)/t17-/m1/s1. The molecule has 1 fully saturated rings. The van der Waals surface area contributed by atoms with Gasteiger partial charge in [0.05, 0.1) is 22.9 Å². The maximum absolute atomic E-state index is 13.1. The normalized spacial score (nSPS) is 15.9. The van der Waals surface area contributed by atoms with Crippen LogP contribution < -0.4 is 10.2 Å². The van der Waals surface area contributed by atoms with Crippen molar-refractivity contribution in [1.82, 2.24) is 10.2 Å². The summed E-state index contributed by atoms with van der Waals surface area (Å²) in [5.74, 6) is -0.0216. The third-order valence-electron chi connectivity index (χ3n) is 5.27. The number of carbonyl (C=O) groups is 1. The molecule has 1 saturated heterocycles. The van der Waals surface area contributed by atoms with Crippen molar-refractivity contribution in [2.24, 2.45) is 5.92 Å². The first-order valence-corrected chi connectivity index (χ1v) is 10.3. The van der Waals surface area contributed by atoms with Crippen LogP contribution in [0.15, 0.2) is 54.6 Å². The van der Waals surface area contributed by atoms with Gasteiger partial charge in [-0.05, 0) is 67.4 Å². The Hall–Kier alpha value is -3.50. The number of piperidine rings is 1. The number of nitrogens with zero attached hydrogens (tertiary/aromatic N) is 4. The van der Waals surface area contributed by atoms with Crippen molar-refractivity contribution >= 4 is 29.0 Å². The number of benzene rings is 2. The van der Waals surface area contributed by atoms with Gasteiger partial charge in [-0.15, -0.1) is 10.2 Å². The van der Waals surface area contributed by atoms with Gasteiger partial charge in [-0.25, -0.2) is 4.39 Å². The number of aromatic nitrogens is 2. The molecule has 8 heteroatoms. The molecule has 1 N–H and O–H groups in total. The lowest BCUT2D eigenvalue weighted by atomic mass is 9.96. The quantitative estimate of drug-likeness (QED) is 0.644. The summed E-state index contributed by atoms with van der Waals surface area (Å²) in [6, 6.07) is 16.6. The van der Waals surface area contributed by atoms with Gasteiger partial charge in [0.15, 0.2) is 5.82 Å². The van der Waals surface area contributed by atoms with E-state index < -0.39 is 0 Å². The lowest BCUT2D eigenvalue weighted by molar-refractivity contribution is -0.120. The molecule has 0 spiro atoms. The van der Waals surface area contributed by atoms with Gasteiger partial charge >= 0.3 is 0 Å². The Kier molecular flexibility index (Phi) is 6.10. The number of nitrogens with one attached hydrogen (secondary N) is 1. The second-order valence-corrected chi connectivity index (χ2v) is 7.80. The van der Waals surface area contributed by atoms with Gasteiger partial charge in [0.25, 0.3) is 0 Å². The zero-order valence-corrected chi connectivity index (χ0v) is 17.3. The highest BCUT2D eigenvalue weighted by atomic mass is 35.5. The number of carbonyl (C=O) groups excluding carboxylic acids is 1. The van der Waals surface area contributed by atoms with Crippen LogP contribution in [-0.2, 0) is 4.79 Å². The molecule has 156 valence electrons. The van der Waals surface area contributed by atoms with Crippen molar-refractivity contribution in [2.75, 3.05) is 23.3 Å². The van der Waals surface area contributed by atoms with Gasteiger partial charge in [0, 0.05) is 23.7 Å². The first-order valence-electron chi connectivity index (χ1n) is 9.88. The highest BCUT2D eigenvalue weighted by molar-refractivity contribution is 6.31. The second-order valence-electron chi connectivity index (χ2n) is 7.36. The van der Waals surface area contributed by atoms with E-state index in [-0.39, 0.29) is 17.6 Å². The number of hydrogen-bond donors (Lipinski definition) is 1. The fourth-order valence-corrected chi connectivity index (χ4v) is 3.79. The van der Waals surface area contributed by atoms with Gasteiger partial charge in [0.1, 0.15) is 11.9 Å². The van der Waals surface area contributed by atoms with Crippen molar-refractivity contribution in [3.8, 4) is 17.3 Å². The third-order valence-corrected chi connectivity index (χ3v) is 5.50. The molecule has 3 aromatic rings. The van der Waals surface area contributed by atoms with Crippen molar-refractivity contribution < 1.29 is 9.18 Å². The molecule has 1 atom stereocenters. The highest BCUT2D eigenvalue weighted by Gasteiger charge is 2.27. The van der Waals surface area contributed by atoms with Crippen molar-refractivity contribution in [3.05, 3.63) is 71.0 Å². The van der Waals surface area contributed by atoms with E-state index in [0.29, 0.717) is 34.3 Å². The minimum Gasteiger partial charge on any atom is -0.354 e. The van der Waals surface area contributed by atoms with E-state index in [1.807, 2.05) is 17.0 Å². The number of rotatable bonds is 4. The summed E-state index contributed by atoms with van der Waals surface area (Å²) >= 11 is 6.01. The van der Waals surface area contributed by atoms with Gasteiger partial charge in [0.2, 0.25) is 5.91 Å². The van der Waals surface area contributed by atoms with E-state index in [9.17, 15) is 14.4 Å². The summed E-state index contributed by atoms with van der Waals surface area (Å²) in [4.78, 5) is 14.9. The van der Waals surface area contributed by atoms with E-state index in [4.69, 9.17) is 11.6 Å². The van der Waals surface area contributed by atoms with E-state index in [2.05, 4.69) is 21.6 Å². The van der Waals surface area contributed by atoms with E-state index in [1.54, 1.807) is 30.3 Å². The molecule has 1 aromatic heterocycles. The summed E-state index contributed by atoms with van der Waals surface area (Å²) < 4.78 is 13.1. The molecular formula is C23H19ClFN5O. The predicted octanol–water partition coefficient (Wildman–Crippen LogP) is 4.66. The van der Waals surface area contributed by atoms with Crippen LogP contribution in [-0.4, -0.2) is 29.2 Å². The zero-order chi connectivity index (χ0) is 21.8. The first kappa shape index (κ1) is 20.8. The molecule has 1 aliphatic rings. The molecule has 1 aliphatic heterocycles. The minimum atomic E-state index is -0.300. The van der Waals surface area contributed by atoms with E-state index >= 15 is 0 Å². The van der Waals surface area contributed by atoms with Crippen LogP contribution in [0.25, 0.3) is 11.3 Å². The Morgan fingerprint density at radius 2 is 1.97 bits per heavy atom. The first-order chi connectivity index (χ1) is 15.0. The summed E-state index contributed by atoms with van der Waals surface area (Å²) in [7, 11) is 0. The Balaban J connectivity index is 1.45. The SMILES string of the molecule is N#Cc1ccc(Cl)cc1NC(=O)[C@@H]1CCCN(c2ccc(-c3ccc(F)cc3)nn2)C1. The summed E-state index contributed by atoms with van der Waals surface area (Å²) in [5.41, 5.74) is 2.22. The molecule has 0 unspecified atom stereocenters. The highest BCUT2D eigenvalue weighted by Crippen LogP contribution is 2.26. The Morgan fingerprint density at radius 3 is 2.68 bits per heavy atom. The third kappa shape index (κ3) is 4.81. The van der Waals surface area contributed by atoms with Crippen LogP contribution in [0, 0.1) is 23.1 Å². The lowest BCUT2D eigenvalue weighted by Crippen LogP contribution is -2.41. The van der Waals surface area contributed by atoms with Crippen LogP contribution in [0.4, 0.5) is 15.9 Å². The minimum absolute atomic E-state index is 0.153. The number of hydrogen-bond acceptors (Lipinski definition) is 5. The van der Waals surface area contributed by atoms with Crippen LogP contribution in [0.1, 0.15) is 18.4 Å². The van der Waals surface area contributed by atoms with Gasteiger partial charge < -0.3 is 10.2 Å². The zero-order valence-electron chi connectivity index (χ0n) is 16.6. The van der Waals surface area contributed by atoms with Crippen LogP contribution in [0.3, 0.4) is 0 Å².